The van der Waals surface area contributed by atoms with Crippen LogP contribution in [-0.2, 0) is 4.79 Å². The molecule has 1 aliphatic heterocycles. The third kappa shape index (κ3) is 5.49. The lowest BCUT2D eigenvalue weighted by Crippen LogP contribution is -2.35. The van der Waals surface area contributed by atoms with E-state index in [2.05, 4.69) is 15.2 Å². The lowest BCUT2D eigenvalue weighted by Gasteiger charge is -2.26. The zero-order valence-corrected chi connectivity index (χ0v) is 18.7. The van der Waals surface area contributed by atoms with Crippen molar-refractivity contribution in [2.75, 3.05) is 18.0 Å². The number of carbonyl (C=O) groups is 1. The summed E-state index contributed by atoms with van der Waals surface area (Å²) < 4.78 is 11.9. The van der Waals surface area contributed by atoms with Gasteiger partial charge in [-0.15, -0.1) is 0 Å². The first-order valence-electron chi connectivity index (χ1n) is 11.4. The summed E-state index contributed by atoms with van der Waals surface area (Å²) in [5, 5.41) is 3.13. The van der Waals surface area contributed by atoms with E-state index in [-0.39, 0.29) is 30.1 Å². The molecule has 166 valence electrons. The highest BCUT2D eigenvalue weighted by atomic mass is 16.5. The molecule has 1 saturated heterocycles. The van der Waals surface area contributed by atoms with Crippen LogP contribution in [0.25, 0.3) is 0 Å². The van der Waals surface area contributed by atoms with Crippen molar-refractivity contribution in [2.45, 2.75) is 64.7 Å². The van der Waals surface area contributed by atoms with Gasteiger partial charge in [0.05, 0.1) is 18.7 Å². The molecular formula is C25H33N3O3. The molecule has 1 aromatic heterocycles. The molecule has 0 bridgehead atoms. The van der Waals surface area contributed by atoms with Gasteiger partial charge in [-0.1, -0.05) is 18.6 Å². The first-order chi connectivity index (χ1) is 15.0. The minimum absolute atomic E-state index is 0.0121. The number of carbonyl (C=O) groups excluding carboxylic acids is 1. The van der Waals surface area contributed by atoms with Gasteiger partial charge in [-0.2, -0.15) is 0 Å². The minimum atomic E-state index is 0.0121. The van der Waals surface area contributed by atoms with Gasteiger partial charge in [0.2, 0.25) is 11.8 Å². The van der Waals surface area contributed by atoms with Crippen LogP contribution >= 0.6 is 0 Å². The van der Waals surface area contributed by atoms with Crippen molar-refractivity contribution in [3.63, 3.8) is 0 Å². The van der Waals surface area contributed by atoms with Crippen LogP contribution < -0.4 is 19.7 Å². The zero-order chi connectivity index (χ0) is 21.8. The van der Waals surface area contributed by atoms with Gasteiger partial charge in [-0.05, 0) is 57.4 Å². The van der Waals surface area contributed by atoms with Gasteiger partial charge >= 0.3 is 0 Å². The van der Waals surface area contributed by atoms with E-state index in [9.17, 15) is 4.79 Å². The maximum atomic E-state index is 12.2. The Kier molecular flexibility index (Phi) is 6.64. The minimum Gasteiger partial charge on any atom is -0.489 e. The van der Waals surface area contributed by atoms with Crippen LogP contribution in [0.1, 0.15) is 58.1 Å². The standard InChI is InChI=1S/C25H33N3O3/c1-17(2)30-24-15-21(11-13-26-24)28-14-12-23(16-28)31-22-9-7-19(8-10-22)18(3)27-25(29)20-5-4-6-20/h7-11,13,15,17-18,20,23H,4-6,12,14,16H2,1-3H3,(H,27,29)/t18-,23+/m0/s1. The highest BCUT2D eigenvalue weighted by Gasteiger charge is 2.27. The first kappa shape index (κ1) is 21.5. The Bertz CT molecular complexity index is 880. The molecule has 0 unspecified atom stereocenters. The van der Waals surface area contributed by atoms with Gasteiger partial charge in [-0.3, -0.25) is 4.79 Å². The van der Waals surface area contributed by atoms with Gasteiger partial charge in [0, 0.05) is 36.8 Å². The van der Waals surface area contributed by atoms with E-state index in [0.29, 0.717) is 5.88 Å². The number of hydrogen-bond donors (Lipinski definition) is 1. The van der Waals surface area contributed by atoms with Crippen LogP contribution in [0.15, 0.2) is 42.6 Å². The van der Waals surface area contributed by atoms with Crippen molar-refractivity contribution in [3.8, 4) is 11.6 Å². The molecular weight excluding hydrogens is 390 g/mol. The summed E-state index contributed by atoms with van der Waals surface area (Å²) in [7, 11) is 0. The molecule has 2 atom stereocenters. The Balaban J connectivity index is 1.29. The monoisotopic (exact) mass is 423 g/mol. The smallest absolute Gasteiger partial charge is 0.223 e. The lowest BCUT2D eigenvalue weighted by molar-refractivity contribution is -0.128. The van der Waals surface area contributed by atoms with Crippen molar-refractivity contribution in [2.24, 2.45) is 5.92 Å². The second-order valence-electron chi connectivity index (χ2n) is 8.92. The van der Waals surface area contributed by atoms with Crippen LogP contribution in [0.5, 0.6) is 11.6 Å². The Labute approximate surface area is 185 Å². The SMILES string of the molecule is CC(C)Oc1cc(N2CC[C@@H](Oc3ccc([C@H](C)NC(=O)C4CCC4)cc3)C2)ccn1. The summed E-state index contributed by atoms with van der Waals surface area (Å²) in [5.41, 5.74) is 2.21. The molecule has 6 nitrogen and oxygen atoms in total. The van der Waals surface area contributed by atoms with Crippen molar-refractivity contribution in [1.82, 2.24) is 10.3 Å². The molecule has 2 fully saturated rings. The molecule has 2 heterocycles. The number of anilines is 1. The fraction of sp³-hybridized carbons (Fsp3) is 0.520. The average Bonchev–Trinajstić information content (AvgIpc) is 3.15. The second-order valence-corrected chi connectivity index (χ2v) is 8.92. The van der Waals surface area contributed by atoms with Crippen LogP contribution in [0, 0.1) is 5.92 Å². The quantitative estimate of drug-likeness (QED) is 0.677. The summed E-state index contributed by atoms with van der Waals surface area (Å²) in [6, 6.07) is 12.1. The number of ether oxygens (including phenoxy) is 2. The number of hydrogen-bond acceptors (Lipinski definition) is 5. The molecule has 31 heavy (non-hydrogen) atoms. The fourth-order valence-corrected chi connectivity index (χ4v) is 4.07. The zero-order valence-electron chi connectivity index (χ0n) is 18.7. The molecule has 1 aliphatic carbocycles. The van der Waals surface area contributed by atoms with Crippen molar-refractivity contribution in [1.29, 1.82) is 0 Å². The van der Waals surface area contributed by atoms with Gasteiger partial charge in [0.25, 0.3) is 0 Å². The number of nitrogens with zero attached hydrogens (tertiary/aromatic N) is 2. The third-order valence-electron chi connectivity index (χ3n) is 6.10. The molecule has 1 N–H and O–H groups in total. The molecule has 0 radical (unpaired) electrons. The van der Waals surface area contributed by atoms with Crippen molar-refractivity contribution < 1.29 is 14.3 Å². The molecule has 6 heteroatoms. The predicted molar refractivity (Wildman–Crippen MR) is 122 cm³/mol. The largest absolute Gasteiger partial charge is 0.489 e. The molecule has 0 spiro atoms. The van der Waals surface area contributed by atoms with Crippen LogP contribution in [0.3, 0.4) is 0 Å². The van der Waals surface area contributed by atoms with E-state index < -0.39 is 0 Å². The van der Waals surface area contributed by atoms with Crippen LogP contribution in [-0.4, -0.2) is 36.2 Å². The molecule has 1 amide bonds. The second kappa shape index (κ2) is 9.58. The van der Waals surface area contributed by atoms with E-state index >= 15 is 0 Å². The van der Waals surface area contributed by atoms with Gasteiger partial charge < -0.3 is 19.7 Å². The number of pyridine rings is 1. The summed E-state index contributed by atoms with van der Waals surface area (Å²) in [5.74, 6) is 1.92. The molecule has 2 aromatic rings. The number of nitrogens with one attached hydrogen (secondary N) is 1. The predicted octanol–water partition coefficient (Wildman–Crippen LogP) is 4.50. The summed E-state index contributed by atoms with van der Waals surface area (Å²) in [6.07, 6.45) is 6.23. The summed E-state index contributed by atoms with van der Waals surface area (Å²) in [6.45, 7) is 7.82. The van der Waals surface area contributed by atoms with Crippen LogP contribution in [0.2, 0.25) is 0 Å². The maximum absolute atomic E-state index is 12.2. The molecule has 1 saturated carbocycles. The molecule has 2 aliphatic rings. The third-order valence-corrected chi connectivity index (χ3v) is 6.10. The van der Waals surface area contributed by atoms with E-state index in [0.717, 1.165) is 49.4 Å². The number of benzene rings is 1. The van der Waals surface area contributed by atoms with Crippen molar-refractivity contribution >= 4 is 11.6 Å². The highest BCUT2D eigenvalue weighted by molar-refractivity contribution is 5.79. The normalized spacial score (nSPS) is 19.7. The maximum Gasteiger partial charge on any atom is 0.223 e. The van der Waals surface area contributed by atoms with E-state index in [1.54, 1.807) is 6.20 Å². The fourth-order valence-electron chi connectivity index (χ4n) is 4.07. The summed E-state index contributed by atoms with van der Waals surface area (Å²) in [4.78, 5) is 18.8. The average molecular weight is 424 g/mol. The van der Waals surface area contributed by atoms with E-state index in [4.69, 9.17) is 9.47 Å². The first-order valence-corrected chi connectivity index (χ1v) is 11.4. The van der Waals surface area contributed by atoms with Crippen LogP contribution in [0.4, 0.5) is 5.69 Å². The van der Waals surface area contributed by atoms with Gasteiger partial charge in [0.15, 0.2) is 0 Å². The number of amides is 1. The lowest BCUT2D eigenvalue weighted by atomic mass is 9.84. The highest BCUT2D eigenvalue weighted by Crippen LogP contribution is 2.28. The Morgan fingerprint density at radius 1 is 1.13 bits per heavy atom. The van der Waals surface area contributed by atoms with Gasteiger partial charge in [0.1, 0.15) is 11.9 Å². The Morgan fingerprint density at radius 2 is 1.90 bits per heavy atom. The number of aromatic nitrogens is 1. The Hall–Kier alpha value is -2.76. The summed E-state index contributed by atoms with van der Waals surface area (Å²) >= 11 is 0. The van der Waals surface area contributed by atoms with Gasteiger partial charge in [-0.25, -0.2) is 4.98 Å². The molecule has 4 rings (SSSR count). The molecule has 1 aromatic carbocycles. The van der Waals surface area contributed by atoms with E-state index in [1.165, 1.54) is 6.42 Å². The van der Waals surface area contributed by atoms with E-state index in [1.807, 2.05) is 57.2 Å². The number of rotatable bonds is 8. The topological polar surface area (TPSA) is 63.7 Å². The Morgan fingerprint density at radius 3 is 2.58 bits per heavy atom. The van der Waals surface area contributed by atoms with Crippen molar-refractivity contribution in [3.05, 3.63) is 48.2 Å².